The van der Waals surface area contributed by atoms with Crippen LogP contribution in [0.3, 0.4) is 0 Å². The number of amides is 1. The molecule has 8 heteroatoms. The summed E-state index contributed by atoms with van der Waals surface area (Å²) in [6.07, 6.45) is 4.74. The van der Waals surface area contributed by atoms with Crippen LogP contribution in [0.2, 0.25) is 0 Å². The normalized spacial score (nSPS) is 27.1. The number of rotatable bonds is 2. The molecule has 1 aromatic heterocycles. The lowest BCUT2D eigenvalue weighted by atomic mass is 10.2. The fourth-order valence-electron chi connectivity index (χ4n) is 1.81. The first-order valence-electron chi connectivity index (χ1n) is 4.71. The minimum Gasteiger partial charge on any atom is -0.476 e. The molecule has 0 radical (unpaired) electrons. The van der Waals surface area contributed by atoms with Crippen LogP contribution in [0.5, 0.6) is 0 Å². The summed E-state index contributed by atoms with van der Waals surface area (Å²) in [5, 5.41) is 9.54. The van der Waals surface area contributed by atoms with Gasteiger partial charge in [0.2, 0.25) is 5.91 Å². The van der Waals surface area contributed by atoms with Crippen LogP contribution in [0.15, 0.2) is 24.4 Å². The van der Waals surface area contributed by atoms with Gasteiger partial charge in [-0.2, -0.15) is 0 Å². The molecule has 1 saturated heterocycles. The molecule has 2 aliphatic heterocycles. The van der Waals surface area contributed by atoms with Crippen molar-refractivity contribution in [3.05, 3.63) is 24.4 Å². The Morgan fingerprint density at radius 1 is 1.59 bits per heavy atom. The van der Waals surface area contributed by atoms with Crippen molar-refractivity contribution < 1.29 is 14.7 Å². The Morgan fingerprint density at radius 3 is 2.94 bits per heavy atom. The number of β-lactam (4-membered cyclic amide) rings is 1. The predicted molar refractivity (Wildman–Crippen MR) is 64.0 cm³/mol. The zero-order valence-corrected chi connectivity index (χ0v) is 10.7. The van der Waals surface area contributed by atoms with Crippen LogP contribution in [-0.4, -0.2) is 41.6 Å². The van der Waals surface area contributed by atoms with Gasteiger partial charge < -0.3 is 5.11 Å². The van der Waals surface area contributed by atoms with E-state index in [1.165, 1.54) is 23.0 Å². The molecule has 0 spiro atoms. The number of aromatic nitrogens is 2. The Morgan fingerprint density at radius 2 is 2.35 bits per heavy atom. The van der Waals surface area contributed by atoms with Gasteiger partial charge in [0.25, 0.3) is 0 Å². The highest BCUT2D eigenvalue weighted by atomic mass is 79.9. The van der Waals surface area contributed by atoms with Crippen molar-refractivity contribution in [2.45, 2.75) is 10.2 Å². The quantitative estimate of drug-likeness (QED) is 0.644. The summed E-state index contributed by atoms with van der Waals surface area (Å²) in [5.74, 6) is -1.31. The zero-order chi connectivity index (χ0) is 12.2. The van der Waals surface area contributed by atoms with Crippen molar-refractivity contribution in [3.8, 4) is 0 Å². The average Bonchev–Trinajstić information content (AvgIpc) is 2.93. The van der Waals surface area contributed by atoms with Gasteiger partial charge >= 0.3 is 5.97 Å². The lowest BCUT2D eigenvalue weighted by molar-refractivity contribution is -0.144. The number of thioether (sulfide) groups is 1. The van der Waals surface area contributed by atoms with Gasteiger partial charge in [-0.25, -0.2) is 9.78 Å². The number of carboxylic acid groups (broad SMARTS) is 1. The second kappa shape index (κ2) is 3.61. The van der Waals surface area contributed by atoms with E-state index < -0.39 is 5.97 Å². The highest BCUT2D eigenvalue weighted by Gasteiger charge is 2.55. The van der Waals surface area contributed by atoms with Gasteiger partial charge in [-0.1, -0.05) is 27.7 Å². The SMILES string of the molecule is O=C(O)C1=C(n2ccnc2)S[C@H]2C(Br)C(=O)N12. The summed E-state index contributed by atoms with van der Waals surface area (Å²) in [4.78, 5) is 27.7. The van der Waals surface area contributed by atoms with Crippen molar-refractivity contribution in [3.63, 3.8) is 0 Å². The number of nitrogens with zero attached hydrogens (tertiary/aromatic N) is 3. The van der Waals surface area contributed by atoms with E-state index in [0.717, 1.165) is 0 Å². The van der Waals surface area contributed by atoms with Crippen molar-refractivity contribution in [2.75, 3.05) is 0 Å². The minimum atomic E-state index is -1.10. The summed E-state index contributed by atoms with van der Waals surface area (Å²) in [6.45, 7) is 0. The van der Waals surface area contributed by atoms with Crippen LogP contribution in [0.1, 0.15) is 0 Å². The first-order valence-corrected chi connectivity index (χ1v) is 6.50. The summed E-state index contributed by atoms with van der Waals surface area (Å²) < 4.78 is 1.61. The number of imidazole rings is 1. The molecule has 0 bridgehead atoms. The Kier molecular flexibility index (Phi) is 2.30. The van der Waals surface area contributed by atoms with Gasteiger partial charge in [-0.3, -0.25) is 14.3 Å². The number of alkyl halides is 1. The number of carboxylic acids is 1. The van der Waals surface area contributed by atoms with Gasteiger partial charge in [0.05, 0.1) is 6.33 Å². The first kappa shape index (κ1) is 10.8. The maximum absolute atomic E-state index is 11.6. The Balaban J connectivity index is 2.08. The number of hydrogen-bond donors (Lipinski definition) is 1. The van der Waals surface area contributed by atoms with Gasteiger partial charge in [0.15, 0.2) is 5.70 Å². The lowest BCUT2D eigenvalue weighted by Crippen LogP contribution is -2.58. The van der Waals surface area contributed by atoms with Gasteiger partial charge in [-0.15, -0.1) is 0 Å². The van der Waals surface area contributed by atoms with Crippen molar-refractivity contribution in [1.29, 1.82) is 0 Å². The van der Waals surface area contributed by atoms with Gasteiger partial charge in [0, 0.05) is 12.4 Å². The molecule has 1 N–H and O–H groups in total. The number of carbonyl (C=O) groups is 2. The molecule has 0 aliphatic carbocycles. The van der Waals surface area contributed by atoms with E-state index in [1.54, 1.807) is 17.0 Å². The van der Waals surface area contributed by atoms with Crippen LogP contribution in [0.25, 0.3) is 5.03 Å². The van der Waals surface area contributed by atoms with Gasteiger partial charge in [0.1, 0.15) is 15.2 Å². The fraction of sp³-hybridized carbons (Fsp3) is 0.222. The number of hydrogen-bond acceptors (Lipinski definition) is 4. The highest BCUT2D eigenvalue weighted by Crippen LogP contribution is 2.50. The number of fused-ring (bicyclic) bond motifs is 1. The molecule has 1 aromatic rings. The standard InChI is InChI=1S/C9H6BrN3O3S/c10-4-6(14)13-5(9(15)16)8(17-7(4)13)12-2-1-11-3-12/h1-4,7H,(H,15,16)/t4?,7-/m0/s1. The Hall–Kier alpha value is -1.28. The second-order valence-corrected chi connectivity index (χ2v) is 5.64. The summed E-state index contributed by atoms with van der Waals surface area (Å²) in [7, 11) is 0. The number of carbonyl (C=O) groups excluding carboxylic acids is 1. The van der Waals surface area contributed by atoms with E-state index in [-0.39, 0.29) is 21.8 Å². The maximum atomic E-state index is 11.6. The third kappa shape index (κ3) is 1.37. The summed E-state index contributed by atoms with van der Waals surface area (Å²) in [5.41, 5.74) is 0.0266. The third-order valence-electron chi connectivity index (χ3n) is 2.60. The highest BCUT2D eigenvalue weighted by molar-refractivity contribution is 9.10. The zero-order valence-electron chi connectivity index (χ0n) is 8.28. The molecule has 3 heterocycles. The topological polar surface area (TPSA) is 75.4 Å². The smallest absolute Gasteiger partial charge is 0.355 e. The number of aliphatic carboxylic acids is 1. The fourth-order valence-corrected chi connectivity index (χ4v) is 3.90. The Labute approximate surface area is 108 Å². The van der Waals surface area contributed by atoms with Gasteiger partial charge in [-0.05, 0) is 0 Å². The van der Waals surface area contributed by atoms with E-state index >= 15 is 0 Å². The van der Waals surface area contributed by atoms with Crippen LogP contribution in [0, 0.1) is 0 Å². The largest absolute Gasteiger partial charge is 0.476 e. The molecule has 2 aliphatic rings. The van der Waals surface area contributed by atoms with Crippen LogP contribution < -0.4 is 0 Å². The molecular formula is C9H6BrN3O3S. The van der Waals surface area contributed by atoms with Crippen LogP contribution >= 0.6 is 27.7 Å². The second-order valence-electron chi connectivity index (χ2n) is 3.55. The Bertz CT molecular complexity index is 542. The van der Waals surface area contributed by atoms with E-state index in [1.807, 2.05) is 0 Å². The molecule has 6 nitrogen and oxygen atoms in total. The average molecular weight is 316 g/mol. The van der Waals surface area contributed by atoms with E-state index in [2.05, 4.69) is 20.9 Å². The van der Waals surface area contributed by atoms with Crippen LogP contribution in [0.4, 0.5) is 0 Å². The predicted octanol–water partition coefficient (Wildman–Crippen LogP) is 0.772. The third-order valence-corrected chi connectivity index (χ3v) is 5.19. The maximum Gasteiger partial charge on any atom is 0.355 e. The molecule has 0 saturated carbocycles. The minimum absolute atomic E-state index is 0.0266. The molecule has 1 amide bonds. The molecule has 1 fully saturated rings. The first-order chi connectivity index (χ1) is 8.11. The van der Waals surface area contributed by atoms with Crippen molar-refractivity contribution in [2.24, 2.45) is 0 Å². The number of halogens is 1. The molecule has 3 rings (SSSR count). The molecular weight excluding hydrogens is 310 g/mol. The summed E-state index contributed by atoms with van der Waals surface area (Å²) >= 11 is 4.59. The molecule has 17 heavy (non-hydrogen) atoms. The van der Waals surface area contributed by atoms with E-state index in [9.17, 15) is 14.7 Å². The summed E-state index contributed by atoms with van der Waals surface area (Å²) in [6, 6.07) is 0. The lowest BCUT2D eigenvalue weighted by Gasteiger charge is -2.38. The van der Waals surface area contributed by atoms with Crippen molar-refractivity contribution in [1.82, 2.24) is 14.5 Å². The molecule has 2 atom stereocenters. The van der Waals surface area contributed by atoms with Crippen molar-refractivity contribution >= 4 is 44.6 Å². The van der Waals surface area contributed by atoms with Crippen LogP contribution in [-0.2, 0) is 9.59 Å². The monoisotopic (exact) mass is 315 g/mol. The molecule has 88 valence electrons. The molecule has 0 aromatic carbocycles. The van der Waals surface area contributed by atoms with E-state index in [0.29, 0.717) is 5.03 Å². The van der Waals surface area contributed by atoms with E-state index in [4.69, 9.17) is 0 Å². The molecule has 1 unspecified atom stereocenters.